The first kappa shape index (κ1) is 13.6. The van der Waals surface area contributed by atoms with Crippen LogP contribution in [0.3, 0.4) is 0 Å². The summed E-state index contributed by atoms with van der Waals surface area (Å²) in [6.45, 7) is 7.44. The summed E-state index contributed by atoms with van der Waals surface area (Å²) in [5.41, 5.74) is 0. The summed E-state index contributed by atoms with van der Waals surface area (Å²) >= 11 is 0. The van der Waals surface area contributed by atoms with E-state index in [1.165, 1.54) is 0 Å². The molecule has 1 saturated heterocycles. The van der Waals surface area contributed by atoms with Crippen LogP contribution in [-0.4, -0.2) is 53.6 Å². The molecule has 0 spiro atoms. The van der Waals surface area contributed by atoms with Gasteiger partial charge in [0.05, 0.1) is 13.2 Å². The fourth-order valence-electron chi connectivity index (χ4n) is 2.22. The van der Waals surface area contributed by atoms with Gasteiger partial charge < -0.3 is 14.5 Å². The quantitative estimate of drug-likeness (QED) is 0.810. The highest BCUT2D eigenvalue weighted by molar-refractivity contribution is 5.82. The Labute approximate surface area is 113 Å². The standard InChI is InChI=1S/C13H20N4O2/c1-5-19-12-6-11(14-10(3)15-12)17-8-13(18)16(4)7-9(17)2/h6,9H,5,7-8H2,1-4H3. The minimum absolute atomic E-state index is 0.104. The first-order valence-corrected chi connectivity index (χ1v) is 6.50. The van der Waals surface area contributed by atoms with Crippen LogP contribution in [0, 0.1) is 6.92 Å². The van der Waals surface area contributed by atoms with Crippen molar-refractivity contribution in [1.29, 1.82) is 0 Å². The Kier molecular flexibility index (Phi) is 3.87. The van der Waals surface area contributed by atoms with Crippen LogP contribution in [0.2, 0.25) is 0 Å². The van der Waals surface area contributed by atoms with Gasteiger partial charge in [-0.25, -0.2) is 4.98 Å². The van der Waals surface area contributed by atoms with Crippen molar-refractivity contribution in [2.45, 2.75) is 26.8 Å². The molecule has 6 heteroatoms. The Morgan fingerprint density at radius 2 is 2.21 bits per heavy atom. The molecule has 1 aliphatic rings. The minimum Gasteiger partial charge on any atom is -0.478 e. The number of piperazine rings is 1. The molecule has 1 unspecified atom stereocenters. The maximum Gasteiger partial charge on any atom is 0.241 e. The van der Waals surface area contributed by atoms with Crippen LogP contribution < -0.4 is 9.64 Å². The van der Waals surface area contributed by atoms with Crippen molar-refractivity contribution in [2.24, 2.45) is 0 Å². The number of likely N-dealkylation sites (N-methyl/N-ethyl adjacent to an activating group) is 1. The summed E-state index contributed by atoms with van der Waals surface area (Å²) in [6.07, 6.45) is 0. The molecule has 1 aromatic heterocycles. The monoisotopic (exact) mass is 264 g/mol. The summed E-state index contributed by atoms with van der Waals surface area (Å²) in [5.74, 6) is 2.07. The Hall–Kier alpha value is -1.85. The van der Waals surface area contributed by atoms with Crippen LogP contribution >= 0.6 is 0 Å². The number of hydrogen-bond acceptors (Lipinski definition) is 5. The van der Waals surface area contributed by atoms with E-state index in [-0.39, 0.29) is 11.9 Å². The van der Waals surface area contributed by atoms with E-state index in [0.717, 1.165) is 5.82 Å². The predicted octanol–water partition coefficient (Wildman–Crippen LogP) is 0.851. The lowest BCUT2D eigenvalue weighted by atomic mass is 10.2. The Morgan fingerprint density at radius 1 is 1.47 bits per heavy atom. The van der Waals surface area contributed by atoms with Gasteiger partial charge in [-0.05, 0) is 20.8 Å². The molecule has 1 atom stereocenters. The van der Waals surface area contributed by atoms with E-state index >= 15 is 0 Å². The van der Waals surface area contributed by atoms with Crippen molar-refractivity contribution in [3.05, 3.63) is 11.9 Å². The van der Waals surface area contributed by atoms with Crippen LogP contribution in [0.4, 0.5) is 5.82 Å². The fraction of sp³-hybridized carbons (Fsp3) is 0.615. The van der Waals surface area contributed by atoms with Gasteiger partial charge in [-0.1, -0.05) is 0 Å². The number of amides is 1. The summed E-state index contributed by atoms with van der Waals surface area (Å²) in [7, 11) is 1.83. The molecule has 2 heterocycles. The number of aromatic nitrogens is 2. The van der Waals surface area contributed by atoms with E-state index < -0.39 is 0 Å². The summed E-state index contributed by atoms with van der Waals surface area (Å²) in [6, 6.07) is 2.03. The van der Waals surface area contributed by atoms with Crippen molar-refractivity contribution in [3.8, 4) is 5.88 Å². The SMILES string of the molecule is CCOc1cc(N2CC(=O)N(C)CC2C)nc(C)n1. The number of hydrogen-bond donors (Lipinski definition) is 0. The number of carbonyl (C=O) groups is 1. The highest BCUT2D eigenvalue weighted by Gasteiger charge is 2.28. The van der Waals surface area contributed by atoms with Gasteiger partial charge in [0, 0.05) is 25.7 Å². The highest BCUT2D eigenvalue weighted by Crippen LogP contribution is 2.22. The van der Waals surface area contributed by atoms with Gasteiger partial charge in [-0.15, -0.1) is 0 Å². The van der Waals surface area contributed by atoms with Crippen LogP contribution in [0.1, 0.15) is 19.7 Å². The van der Waals surface area contributed by atoms with Crippen molar-refractivity contribution < 1.29 is 9.53 Å². The lowest BCUT2D eigenvalue weighted by Gasteiger charge is -2.38. The zero-order valence-electron chi connectivity index (χ0n) is 11.9. The van der Waals surface area contributed by atoms with Crippen molar-refractivity contribution in [3.63, 3.8) is 0 Å². The first-order chi connectivity index (χ1) is 9.01. The molecule has 1 aliphatic heterocycles. The predicted molar refractivity (Wildman–Crippen MR) is 72.4 cm³/mol. The molecule has 19 heavy (non-hydrogen) atoms. The normalized spacial score (nSPS) is 19.8. The van der Waals surface area contributed by atoms with Crippen molar-refractivity contribution in [2.75, 3.05) is 31.6 Å². The van der Waals surface area contributed by atoms with E-state index in [1.54, 1.807) is 11.0 Å². The molecule has 0 saturated carbocycles. The lowest BCUT2D eigenvalue weighted by Crippen LogP contribution is -2.54. The van der Waals surface area contributed by atoms with E-state index in [1.807, 2.05) is 25.8 Å². The van der Waals surface area contributed by atoms with E-state index in [4.69, 9.17) is 4.74 Å². The molecular formula is C13H20N4O2. The molecule has 2 rings (SSSR count). The van der Waals surface area contributed by atoms with Crippen LogP contribution in [-0.2, 0) is 4.79 Å². The topological polar surface area (TPSA) is 58.6 Å². The number of ether oxygens (including phenoxy) is 1. The van der Waals surface area contributed by atoms with E-state index in [9.17, 15) is 4.79 Å². The average Bonchev–Trinajstić information content (AvgIpc) is 2.33. The number of carbonyl (C=O) groups excluding carboxylic acids is 1. The molecule has 104 valence electrons. The highest BCUT2D eigenvalue weighted by atomic mass is 16.5. The third kappa shape index (κ3) is 2.94. The van der Waals surface area contributed by atoms with Crippen LogP contribution in [0.25, 0.3) is 0 Å². The number of rotatable bonds is 3. The van der Waals surface area contributed by atoms with E-state index in [0.29, 0.717) is 31.4 Å². The van der Waals surface area contributed by atoms with Crippen molar-refractivity contribution >= 4 is 11.7 Å². The smallest absolute Gasteiger partial charge is 0.241 e. The molecule has 0 bridgehead atoms. The largest absolute Gasteiger partial charge is 0.478 e. The second kappa shape index (κ2) is 5.42. The van der Waals surface area contributed by atoms with Gasteiger partial charge in [-0.2, -0.15) is 4.98 Å². The molecule has 0 radical (unpaired) electrons. The van der Waals surface area contributed by atoms with Gasteiger partial charge in [0.15, 0.2) is 0 Å². The fourth-order valence-corrected chi connectivity index (χ4v) is 2.22. The molecule has 0 aromatic carbocycles. The summed E-state index contributed by atoms with van der Waals surface area (Å²) in [4.78, 5) is 24.2. The zero-order valence-corrected chi connectivity index (χ0v) is 11.9. The van der Waals surface area contributed by atoms with Gasteiger partial charge in [0.25, 0.3) is 0 Å². The summed E-state index contributed by atoms with van der Waals surface area (Å²) < 4.78 is 5.43. The first-order valence-electron chi connectivity index (χ1n) is 6.50. The minimum atomic E-state index is 0.104. The second-order valence-electron chi connectivity index (χ2n) is 4.80. The van der Waals surface area contributed by atoms with Crippen LogP contribution in [0.15, 0.2) is 6.07 Å². The summed E-state index contributed by atoms with van der Waals surface area (Å²) in [5, 5.41) is 0. The maximum absolute atomic E-state index is 11.8. The average molecular weight is 264 g/mol. The van der Waals surface area contributed by atoms with Crippen molar-refractivity contribution in [1.82, 2.24) is 14.9 Å². The Balaban J connectivity index is 2.27. The Bertz CT molecular complexity index is 478. The van der Waals surface area contributed by atoms with Crippen LogP contribution in [0.5, 0.6) is 5.88 Å². The van der Waals surface area contributed by atoms with E-state index in [2.05, 4.69) is 16.9 Å². The van der Waals surface area contributed by atoms with Gasteiger partial charge in [0.1, 0.15) is 11.6 Å². The molecule has 6 nitrogen and oxygen atoms in total. The molecular weight excluding hydrogens is 244 g/mol. The third-order valence-corrected chi connectivity index (χ3v) is 3.19. The molecule has 0 aliphatic carbocycles. The third-order valence-electron chi connectivity index (χ3n) is 3.19. The second-order valence-corrected chi connectivity index (χ2v) is 4.80. The number of aryl methyl sites for hydroxylation is 1. The van der Waals surface area contributed by atoms with Gasteiger partial charge in [0.2, 0.25) is 11.8 Å². The lowest BCUT2D eigenvalue weighted by molar-refractivity contribution is -0.130. The molecule has 0 N–H and O–H groups in total. The number of anilines is 1. The zero-order chi connectivity index (χ0) is 14.0. The number of nitrogens with zero attached hydrogens (tertiary/aromatic N) is 4. The molecule has 1 aromatic rings. The van der Waals surface area contributed by atoms with Gasteiger partial charge >= 0.3 is 0 Å². The maximum atomic E-state index is 11.8. The molecule has 1 fully saturated rings. The Morgan fingerprint density at radius 3 is 2.89 bits per heavy atom. The molecule has 1 amide bonds. The van der Waals surface area contributed by atoms with Gasteiger partial charge in [-0.3, -0.25) is 4.79 Å².